The van der Waals surface area contributed by atoms with E-state index in [2.05, 4.69) is 38.5 Å². The number of thiocarbonyl (C=S) groups is 1. The van der Waals surface area contributed by atoms with E-state index in [1.54, 1.807) is 42.5 Å². The summed E-state index contributed by atoms with van der Waals surface area (Å²) in [4.78, 5) is 29.0. The van der Waals surface area contributed by atoms with Crippen LogP contribution in [0.1, 0.15) is 20.7 Å². The summed E-state index contributed by atoms with van der Waals surface area (Å²) >= 11 is 8.58. The van der Waals surface area contributed by atoms with E-state index < -0.39 is 0 Å². The van der Waals surface area contributed by atoms with Crippen LogP contribution < -0.4 is 10.6 Å². The van der Waals surface area contributed by atoms with Crippen LogP contribution in [0.5, 0.6) is 0 Å². The molecule has 1 fully saturated rings. The van der Waals surface area contributed by atoms with Crippen LogP contribution in [0, 0.1) is 0 Å². The summed E-state index contributed by atoms with van der Waals surface area (Å²) in [6.07, 6.45) is 0. The number of likely N-dealkylation sites (N-methyl/N-ethyl adjacent to an activating group) is 1. The number of nitrogens with zero attached hydrogens (tertiary/aromatic N) is 2. The van der Waals surface area contributed by atoms with E-state index in [1.807, 2.05) is 11.0 Å². The molecule has 0 bridgehead atoms. The van der Waals surface area contributed by atoms with Crippen molar-refractivity contribution in [2.45, 2.75) is 0 Å². The normalized spacial score (nSPS) is 14.4. The largest absolute Gasteiger partial charge is 0.336 e. The van der Waals surface area contributed by atoms with Crippen molar-refractivity contribution in [2.75, 3.05) is 38.5 Å². The van der Waals surface area contributed by atoms with Gasteiger partial charge in [-0.1, -0.05) is 28.1 Å². The SMILES string of the molecule is CN1CCN(C(=O)c2cccc(NC(=S)NC(=O)c3cccc(Br)c3)c2)CC1. The van der Waals surface area contributed by atoms with Crippen LogP contribution in [-0.2, 0) is 0 Å². The van der Waals surface area contributed by atoms with Gasteiger partial charge in [-0.15, -0.1) is 0 Å². The van der Waals surface area contributed by atoms with Crippen molar-refractivity contribution in [1.29, 1.82) is 0 Å². The average Bonchev–Trinajstić information content (AvgIpc) is 2.68. The fraction of sp³-hybridized carbons (Fsp3) is 0.250. The lowest BCUT2D eigenvalue weighted by molar-refractivity contribution is 0.0664. The van der Waals surface area contributed by atoms with Crippen molar-refractivity contribution < 1.29 is 9.59 Å². The minimum Gasteiger partial charge on any atom is -0.336 e. The molecular formula is C20H21BrN4O2S. The number of hydrogen-bond donors (Lipinski definition) is 2. The van der Waals surface area contributed by atoms with Gasteiger partial charge in [-0.05, 0) is 55.7 Å². The molecule has 1 aliphatic rings. The Balaban J connectivity index is 1.61. The van der Waals surface area contributed by atoms with E-state index in [0.29, 0.717) is 29.9 Å². The van der Waals surface area contributed by atoms with E-state index in [-0.39, 0.29) is 16.9 Å². The Morgan fingerprint density at radius 2 is 1.68 bits per heavy atom. The molecule has 3 rings (SSSR count). The van der Waals surface area contributed by atoms with Crippen molar-refractivity contribution in [1.82, 2.24) is 15.1 Å². The van der Waals surface area contributed by atoms with Gasteiger partial charge < -0.3 is 15.1 Å². The Kier molecular flexibility index (Phi) is 6.77. The van der Waals surface area contributed by atoms with Gasteiger partial charge in [0.1, 0.15) is 0 Å². The molecule has 0 unspecified atom stereocenters. The van der Waals surface area contributed by atoms with Gasteiger partial charge in [-0.3, -0.25) is 14.9 Å². The second kappa shape index (κ2) is 9.27. The Hall–Kier alpha value is -2.29. The molecule has 146 valence electrons. The molecule has 0 saturated carbocycles. The van der Waals surface area contributed by atoms with Gasteiger partial charge in [0.25, 0.3) is 11.8 Å². The number of piperazine rings is 1. The molecule has 8 heteroatoms. The third-order valence-electron chi connectivity index (χ3n) is 4.47. The monoisotopic (exact) mass is 460 g/mol. The van der Waals surface area contributed by atoms with Crippen molar-refractivity contribution in [3.8, 4) is 0 Å². The van der Waals surface area contributed by atoms with Gasteiger partial charge in [-0.25, -0.2) is 0 Å². The van der Waals surface area contributed by atoms with Gasteiger partial charge in [0.05, 0.1) is 0 Å². The van der Waals surface area contributed by atoms with Gasteiger partial charge in [0.2, 0.25) is 0 Å². The number of halogens is 1. The standard InChI is InChI=1S/C20H21BrN4O2S/c1-24-8-10-25(11-9-24)19(27)15-5-3-7-17(13-15)22-20(28)23-18(26)14-4-2-6-16(21)12-14/h2-7,12-13H,8-11H2,1H3,(H2,22,23,26,28). The highest BCUT2D eigenvalue weighted by molar-refractivity contribution is 9.10. The van der Waals surface area contributed by atoms with Gasteiger partial charge in [0, 0.05) is 47.5 Å². The predicted molar refractivity (Wildman–Crippen MR) is 118 cm³/mol. The van der Waals surface area contributed by atoms with Crippen molar-refractivity contribution >= 4 is 50.8 Å². The summed E-state index contributed by atoms with van der Waals surface area (Å²) < 4.78 is 0.814. The third-order valence-corrected chi connectivity index (χ3v) is 5.17. The predicted octanol–water partition coefficient (Wildman–Crippen LogP) is 2.96. The van der Waals surface area contributed by atoms with Crippen LogP contribution in [0.3, 0.4) is 0 Å². The highest BCUT2D eigenvalue weighted by Crippen LogP contribution is 2.15. The molecule has 6 nitrogen and oxygen atoms in total. The van der Waals surface area contributed by atoms with Crippen LogP contribution in [0.15, 0.2) is 53.0 Å². The quantitative estimate of drug-likeness (QED) is 0.689. The first kappa shape index (κ1) is 20.4. The van der Waals surface area contributed by atoms with E-state index in [4.69, 9.17) is 12.2 Å². The highest BCUT2D eigenvalue weighted by atomic mass is 79.9. The zero-order valence-electron chi connectivity index (χ0n) is 15.4. The maximum absolute atomic E-state index is 12.7. The maximum atomic E-state index is 12.7. The Bertz CT molecular complexity index is 897. The van der Waals surface area contributed by atoms with E-state index in [1.165, 1.54) is 0 Å². The Labute approximate surface area is 178 Å². The number of hydrogen-bond acceptors (Lipinski definition) is 4. The third kappa shape index (κ3) is 5.37. The second-order valence-electron chi connectivity index (χ2n) is 6.59. The maximum Gasteiger partial charge on any atom is 0.257 e. The van der Waals surface area contributed by atoms with Gasteiger partial charge in [-0.2, -0.15) is 0 Å². The number of anilines is 1. The minimum atomic E-state index is -0.302. The fourth-order valence-corrected chi connectivity index (χ4v) is 3.50. The van der Waals surface area contributed by atoms with Crippen LogP contribution in [0.4, 0.5) is 5.69 Å². The van der Waals surface area contributed by atoms with Crippen molar-refractivity contribution in [3.63, 3.8) is 0 Å². The molecule has 0 aliphatic carbocycles. The van der Waals surface area contributed by atoms with Gasteiger partial charge >= 0.3 is 0 Å². The molecular weight excluding hydrogens is 440 g/mol. The summed E-state index contributed by atoms with van der Waals surface area (Å²) in [6.45, 7) is 3.17. The van der Waals surface area contributed by atoms with Gasteiger partial charge in [0.15, 0.2) is 5.11 Å². The van der Waals surface area contributed by atoms with Crippen LogP contribution in [-0.4, -0.2) is 60.0 Å². The molecule has 2 aromatic carbocycles. The summed E-state index contributed by atoms with van der Waals surface area (Å²) in [5.41, 5.74) is 1.74. The van der Waals surface area contributed by atoms with Crippen LogP contribution in [0.2, 0.25) is 0 Å². The highest BCUT2D eigenvalue weighted by Gasteiger charge is 2.20. The summed E-state index contributed by atoms with van der Waals surface area (Å²) in [5, 5.41) is 5.79. The van der Waals surface area contributed by atoms with E-state index >= 15 is 0 Å². The zero-order chi connectivity index (χ0) is 20.1. The van der Waals surface area contributed by atoms with E-state index in [9.17, 15) is 9.59 Å². The molecule has 1 heterocycles. The summed E-state index contributed by atoms with van der Waals surface area (Å²) in [5.74, 6) is -0.302. The number of carbonyl (C=O) groups excluding carboxylic acids is 2. The first-order valence-electron chi connectivity index (χ1n) is 8.88. The molecule has 2 N–H and O–H groups in total. The molecule has 28 heavy (non-hydrogen) atoms. The number of benzene rings is 2. The molecule has 1 aliphatic heterocycles. The molecule has 0 atom stereocenters. The Morgan fingerprint density at radius 1 is 1.00 bits per heavy atom. The lowest BCUT2D eigenvalue weighted by Crippen LogP contribution is -2.47. The second-order valence-corrected chi connectivity index (χ2v) is 7.92. The minimum absolute atomic E-state index is 0.000778. The average molecular weight is 461 g/mol. The summed E-state index contributed by atoms with van der Waals surface area (Å²) in [6, 6.07) is 14.2. The molecule has 0 radical (unpaired) electrons. The molecule has 0 spiro atoms. The van der Waals surface area contributed by atoms with Crippen LogP contribution >= 0.6 is 28.1 Å². The van der Waals surface area contributed by atoms with Crippen molar-refractivity contribution in [3.05, 3.63) is 64.1 Å². The molecule has 0 aromatic heterocycles. The molecule has 1 saturated heterocycles. The fourth-order valence-electron chi connectivity index (χ4n) is 2.89. The first-order valence-corrected chi connectivity index (χ1v) is 10.1. The molecule has 2 aromatic rings. The zero-order valence-corrected chi connectivity index (χ0v) is 17.8. The first-order chi connectivity index (χ1) is 13.4. The number of rotatable bonds is 3. The number of nitrogens with one attached hydrogen (secondary N) is 2. The summed E-state index contributed by atoms with van der Waals surface area (Å²) in [7, 11) is 2.05. The van der Waals surface area contributed by atoms with Crippen molar-refractivity contribution in [2.24, 2.45) is 0 Å². The number of amides is 2. The number of carbonyl (C=O) groups is 2. The molecule has 2 amide bonds. The smallest absolute Gasteiger partial charge is 0.257 e. The Morgan fingerprint density at radius 3 is 2.39 bits per heavy atom. The van der Waals surface area contributed by atoms with E-state index in [0.717, 1.165) is 17.6 Å². The lowest BCUT2D eigenvalue weighted by Gasteiger charge is -2.32. The van der Waals surface area contributed by atoms with Crippen LogP contribution in [0.25, 0.3) is 0 Å². The lowest BCUT2D eigenvalue weighted by atomic mass is 10.1. The topological polar surface area (TPSA) is 64.7 Å².